The summed E-state index contributed by atoms with van der Waals surface area (Å²) in [6.45, 7) is 0.759. The molecule has 0 aliphatic rings. The lowest BCUT2D eigenvalue weighted by molar-refractivity contribution is -0.137. The third kappa shape index (κ3) is 3.17. The molecule has 0 fully saturated rings. The largest absolute Gasteiger partial charge is 0.481 e. The molecule has 2 aromatic heterocycles. The number of carboxylic acids is 1. The summed E-state index contributed by atoms with van der Waals surface area (Å²) >= 11 is 1.69. The first-order chi connectivity index (χ1) is 8.27. The number of fused-ring (bicyclic) bond motifs is 1. The van der Waals surface area contributed by atoms with Crippen LogP contribution in [0.3, 0.4) is 0 Å². The summed E-state index contributed by atoms with van der Waals surface area (Å²) < 4.78 is 1.22. The molecule has 2 heterocycles. The van der Waals surface area contributed by atoms with Gasteiger partial charge in [-0.3, -0.25) is 4.79 Å². The van der Waals surface area contributed by atoms with Crippen LogP contribution in [0.25, 0.3) is 10.1 Å². The van der Waals surface area contributed by atoms with Crippen molar-refractivity contribution in [3.63, 3.8) is 0 Å². The highest BCUT2D eigenvalue weighted by Gasteiger charge is 2.02. The van der Waals surface area contributed by atoms with E-state index in [1.165, 1.54) is 4.70 Å². The standard InChI is InChI=1S/C12H14N2O2S/c15-11(16)3-1-2-6-13-12-9-5-8-17-10(9)4-7-14-12/h4-5,7-8H,1-3,6H2,(H,13,14)(H,15,16). The minimum Gasteiger partial charge on any atom is -0.481 e. The summed E-state index contributed by atoms with van der Waals surface area (Å²) in [5, 5.41) is 14.9. The number of aliphatic carboxylic acids is 1. The molecule has 0 amide bonds. The van der Waals surface area contributed by atoms with E-state index < -0.39 is 5.97 Å². The maximum Gasteiger partial charge on any atom is 0.303 e. The Balaban J connectivity index is 1.86. The fourth-order valence-corrected chi connectivity index (χ4v) is 2.43. The maximum absolute atomic E-state index is 10.3. The zero-order chi connectivity index (χ0) is 12.1. The third-order valence-corrected chi connectivity index (χ3v) is 3.37. The molecule has 5 heteroatoms. The molecule has 0 aliphatic carbocycles. The summed E-state index contributed by atoms with van der Waals surface area (Å²) in [7, 11) is 0. The van der Waals surface area contributed by atoms with Gasteiger partial charge in [0.15, 0.2) is 0 Å². The number of hydrogen-bond donors (Lipinski definition) is 2. The number of nitrogens with zero attached hydrogens (tertiary/aromatic N) is 1. The normalized spacial score (nSPS) is 10.6. The van der Waals surface area contributed by atoms with Gasteiger partial charge in [0.25, 0.3) is 0 Å². The van der Waals surface area contributed by atoms with Crippen molar-refractivity contribution in [1.82, 2.24) is 4.98 Å². The van der Waals surface area contributed by atoms with Gasteiger partial charge in [-0.05, 0) is 30.4 Å². The van der Waals surface area contributed by atoms with Crippen LogP contribution in [-0.2, 0) is 4.79 Å². The molecular weight excluding hydrogens is 236 g/mol. The van der Waals surface area contributed by atoms with Gasteiger partial charge in [-0.15, -0.1) is 11.3 Å². The van der Waals surface area contributed by atoms with Gasteiger partial charge in [0.05, 0.1) is 0 Å². The monoisotopic (exact) mass is 250 g/mol. The van der Waals surface area contributed by atoms with E-state index in [2.05, 4.69) is 10.3 Å². The number of anilines is 1. The van der Waals surface area contributed by atoms with Crippen LogP contribution in [0.2, 0.25) is 0 Å². The van der Waals surface area contributed by atoms with Crippen molar-refractivity contribution in [2.24, 2.45) is 0 Å². The molecule has 17 heavy (non-hydrogen) atoms. The van der Waals surface area contributed by atoms with Crippen LogP contribution in [-0.4, -0.2) is 22.6 Å². The van der Waals surface area contributed by atoms with Crippen molar-refractivity contribution in [1.29, 1.82) is 0 Å². The Hall–Kier alpha value is -1.62. The summed E-state index contributed by atoms with van der Waals surface area (Å²) in [6, 6.07) is 4.04. The molecule has 0 unspecified atom stereocenters. The number of carboxylic acid groups (broad SMARTS) is 1. The minimum atomic E-state index is -0.733. The van der Waals surface area contributed by atoms with Crippen LogP contribution >= 0.6 is 11.3 Å². The summed E-state index contributed by atoms with van der Waals surface area (Å²) in [5.74, 6) is 0.155. The molecule has 90 valence electrons. The number of nitrogens with one attached hydrogen (secondary N) is 1. The van der Waals surface area contributed by atoms with Crippen molar-refractivity contribution >= 4 is 33.2 Å². The number of thiophene rings is 1. The van der Waals surface area contributed by atoms with E-state index in [1.54, 1.807) is 17.5 Å². The first-order valence-electron chi connectivity index (χ1n) is 5.55. The lowest BCUT2D eigenvalue weighted by Gasteiger charge is -2.05. The highest BCUT2D eigenvalue weighted by molar-refractivity contribution is 7.17. The van der Waals surface area contributed by atoms with Crippen molar-refractivity contribution in [2.75, 3.05) is 11.9 Å². The van der Waals surface area contributed by atoms with Gasteiger partial charge in [0.1, 0.15) is 5.82 Å². The Morgan fingerprint density at radius 3 is 3.12 bits per heavy atom. The second-order valence-electron chi connectivity index (χ2n) is 3.77. The Bertz CT molecular complexity index is 510. The van der Waals surface area contributed by atoms with Crippen molar-refractivity contribution in [2.45, 2.75) is 19.3 Å². The summed E-state index contributed by atoms with van der Waals surface area (Å²) in [5.41, 5.74) is 0. The Kier molecular flexibility index (Phi) is 3.93. The predicted molar refractivity (Wildman–Crippen MR) is 69.6 cm³/mol. The fraction of sp³-hybridized carbons (Fsp3) is 0.333. The average Bonchev–Trinajstić information content (AvgIpc) is 2.77. The second-order valence-corrected chi connectivity index (χ2v) is 4.72. The Labute approximate surface area is 103 Å². The second kappa shape index (κ2) is 5.63. The maximum atomic E-state index is 10.3. The van der Waals surface area contributed by atoms with Gasteiger partial charge in [-0.25, -0.2) is 4.98 Å². The molecule has 2 rings (SSSR count). The van der Waals surface area contributed by atoms with Gasteiger partial charge in [0, 0.05) is 29.2 Å². The van der Waals surface area contributed by atoms with Crippen LogP contribution < -0.4 is 5.32 Å². The van der Waals surface area contributed by atoms with Crippen LogP contribution in [0.15, 0.2) is 23.7 Å². The van der Waals surface area contributed by atoms with Crippen molar-refractivity contribution in [3.05, 3.63) is 23.7 Å². The topological polar surface area (TPSA) is 62.2 Å². The highest BCUT2D eigenvalue weighted by atomic mass is 32.1. The molecule has 0 radical (unpaired) electrons. The molecular formula is C12H14N2O2S. The molecule has 0 atom stereocenters. The van der Waals surface area contributed by atoms with Crippen LogP contribution in [0, 0.1) is 0 Å². The summed E-state index contributed by atoms with van der Waals surface area (Å²) in [4.78, 5) is 14.6. The zero-order valence-corrected chi connectivity index (χ0v) is 10.2. The highest BCUT2D eigenvalue weighted by Crippen LogP contribution is 2.25. The minimum absolute atomic E-state index is 0.234. The first kappa shape index (κ1) is 11.9. The lowest BCUT2D eigenvalue weighted by Crippen LogP contribution is -2.04. The average molecular weight is 250 g/mol. The number of aromatic nitrogens is 1. The number of carbonyl (C=O) groups is 1. The van der Waals surface area contributed by atoms with Crippen molar-refractivity contribution in [3.8, 4) is 0 Å². The van der Waals surface area contributed by atoms with E-state index in [9.17, 15) is 4.79 Å². The van der Waals surface area contributed by atoms with E-state index in [1.807, 2.05) is 17.5 Å². The smallest absolute Gasteiger partial charge is 0.303 e. The first-order valence-corrected chi connectivity index (χ1v) is 6.43. The molecule has 0 aliphatic heterocycles. The number of rotatable bonds is 6. The molecule has 0 spiro atoms. The van der Waals surface area contributed by atoms with Gasteiger partial charge in [0.2, 0.25) is 0 Å². The molecule has 4 nitrogen and oxygen atoms in total. The Morgan fingerprint density at radius 2 is 2.29 bits per heavy atom. The number of pyridine rings is 1. The summed E-state index contributed by atoms with van der Waals surface area (Å²) in [6.07, 6.45) is 3.56. The van der Waals surface area contributed by atoms with E-state index in [0.717, 1.165) is 24.2 Å². The molecule has 0 aromatic carbocycles. The van der Waals surface area contributed by atoms with E-state index in [4.69, 9.17) is 5.11 Å². The Morgan fingerprint density at radius 1 is 1.41 bits per heavy atom. The predicted octanol–water partition coefficient (Wildman–Crippen LogP) is 2.96. The molecule has 2 N–H and O–H groups in total. The molecule has 0 bridgehead atoms. The molecule has 0 saturated carbocycles. The van der Waals surface area contributed by atoms with Gasteiger partial charge in [-0.1, -0.05) is 0 Å². The third-order valence-electron chi connectivity index (χ3n) is 2.49. The number of hydrogen-bond acceptors (Lipinski definition) is 4. The SMILES string of the molecule is O=C(O)CCCCNc1nccc2sccc12. The zero-order valence-electron chi connectivity index (χ0n) is 9.35. The fourth-order valence-electron chi connectivity index (χ4n) is 1.64. The van der Waals surface area contributed by atoms with E-state index >= 15 is 0 Å². The van der Waals surface area contributed by atoms with Crippen LogP contribution in [0.5, 0.6) is 0 Å². The van der Waals surface area contributed by atoms with Crippen LogP contribution in [0.4, 0.5) is 5.82 Å². The van der Waals surface area contributed by atoms with Gasteiger partial charge in [-0.2, -0.15) is 0 Å². The van der Waals surface area contributed by atoms with E-state index in [-0.39, 0.29) is 6.42 Å². The van der Waals surface area contributed by atoms with Crippen molar-refractivity contribution < 1.29 is 9.90 Å². The molecule has 0 saturated heterocycles. The van der Waals surface area contributed by atoms with Gasteiger partial charge < -0.3 is 10.4 Å². The molecule has 2 aromatic rings. The van der Waals surface area contributed by atoms with E-state index in [0.29, 0.717) is 6.42 Å². The number of unbranched alkanes of at least 4 members (excludes halogenated alkanes) is 1. The quantitative estimate of drug-likeness (QED) is 0.774. The van der Waals surface area contributed by atoms with Crippen LogP contribution in [0.1, 0.15) is 19.3 Å². The lowest BCUT2D eigenvalue weighted by atomic mass is 10.2. The van der Waals surface area contributed by atoms with Gasteiger partial charge >= 0.3 is 5.97 Å².